The Morgan fingerprint density at radius 2 is 2.04 bits per heavy atom. The summed E-state index contributed by atoms with van der Waals surface area (Å²) < 4.78 is 13.8. The quantitative estimate of drug-likeness (QED) is 0.609. The number of benzene rings is 1. The molecule has 24 heavy (non-hydrogen) atoms. The van der Waals surface area contributed by atoms with E-state index in [0.717, 1.165) is 0 Å². The summed E-state index contributed by atoms with van der Waals surface area (Å²) in [6.45, 7) is 5.13. The SMILES string of the molecule is CC(C)(C)O/N=C(\c1ccc(F)c(Br)c1)c1nccc(CO)c1O. The molecule has 7 heteroatoms. The Morgan fingerprint density at radius 3 is 2.62 bits per heavy atom. The Bertz CT molecular complexity index is 773. The van der Waals surface area contributed by atoms with Crippen LogP contribution in [0.3, 0.4) is 0 Å². The molecule has 2 rings (SSSR count). The van der Waals surface area contributed by atoms with Crippen LogP contribution in [-0.4, -0.2) is 26.5 Å². The summed E-state index contributed by atoms with van der Waals surface area (Å²) in [6.07, 6.45) is 1.45. The number of aromatic nitrogens is 1. The van der Waals surface area contributed by atoms with Crippen molar-refractivity contribution in [2.75, 3.05) is 0 Å². The van der Waals surface area contributed by atoms with Gasteiger partial charge in [0, 0.05) is 17.3 Å². The summed E-state index contributed by atoms with van der Waals surface area (Å²) >= 11 is 3.13. The van der Waals surface area contributed by atoms with E-state index in [0.29, 0.717) is 11.1 Å². The van der Waals surface area contributed by atoms with Crippen molar-refractivity contribution in [1.29, 1.82) is 0 Å². The maximum Gasteiger partial charge on any atom is 0.149 e. The molecular weight excluding hydrogens is 379 g/mol. The van der Waals surface area contributed by atoms with Crippen molar-refractivity contribution in [2.45, 2.75) is 33.0 Å². The molecule has 128 valence electrons. The van der Waals surface area contributed by atoms with Gasteiger partial charge in [-0.05, 0) is 61.0 Å². The molecule has 5 nitrogen and oxygen atoms in total. The first kappa shape index (κ1) is 18.4. The van der Waals surface area contributed by atoms with Crippen LogP contribution in [0.2, 0.25) is 0 Å². The molecule has 0 aliphatic rings. The smallest absolute Gasteiger partial charge is 0.149 e. The molecule has 0 saturated carbocycles. The summed E-state index contributed by atoms with van der Waals surface area (Å²) in [6, 6.07) is 5.81. The van der Waals surface area contributed by atoms with E-state index in [4.69, 9.17) is 4.84 Å². The van der Waals surface area contributed by atoms with Crippen LogP contribution in [0.5, 0.6) is 5.75 Å². The van der Waals surface area contributed by atoms with E-state index in [1.54, 1.807) is 0 Å². The lowest BCUT2D eigenvalue weighted by Gasteiger charge is -2.18. The topological polar surface area (TPSA) is 74.9 Å². The Balaban J connectivity index is 2.61. The highest BCUT2D eigenvalue weighted by molar-refractivity contribution is 9.10. The van der Waals surface area contributed by atoms with Gasteiger partial charge in [-0.3, -0.25) is 4.98 Å². The number of pyridine rings is 1. The number of rotatable bonds is 4. The molecule has 1 heterocycles. The Kier molecular flexibility index (Phi) is 5.56. The molecule has 0 spiro atoms. The number of aromatic hydroxyl groups is 1. The second-order valence-corrected chi connectivity index (χ2v) is 6.95. The first-order chi connectivity index (χ1) is 11.2. The molecule has 0 fully saturated rings. The summed E-state index contributed by atoms with van der Waals surface area (Å²) in [5, 5.41) is 23.8. The van der Waals surface area contributed by atoms with E-state index in [-0.39, 0.29) is 28.2 Å². The fourth-order valence-electron chi connectivity index (χ4n) is 1.85. The van der Waals surface area contributed by atoms with E-state index < -0.39 is 11.4 Å². The lowest BCUT2D eigenvalue weighted by atomic mass is 10.0. The molecule has 0 saturated heterocycles. The van der Waals surface area contributed by atoms with Gasteiger partial charge in [0.05, 0.1) is 11.1 Å². The Labute approximate surface area is 147 Å². The van der Waals surface area contributed by atoms with E-state index in [1.807, 2.05) is 20.8 Å². The van der Waals surface area contributed by atoms with Crippen LogP contribution in [0.15, 0.2) is 40.1 Å². The third-order valence-electron chi connectivity index (χ3n) is 3.01. The van der Waals surface area contributed by atoms with Gasteiger partial charge in [-0.25, -0.2) is 4.39 Å². The Morgan fingerprint density at radius 1 is 1.33 bits per heavy atom. The van der Waals surface area contributed by atoms with Crippen molar-refractivity contribution in [3.8, 4) is 5.75 Å². The summed E-state index contributed by atoms with van der Waals surface area (Å²) in [5.41, 5.74) is 0.630. The first-order valence-corrected chi connectivity index (χ1v) is 8.02. The van der Waals surface area contributed by atoms with Crippen molar-refractivity contribution < 1.29 is 19.4 Å². The van der Waals surface area contributed by atoms with Gasteiger partial charge >= 0.3 is 0 Å². The molecule has 0 bridgehead atoms. The van der Waals surface area contributed by atoms with Crippen molar-refractivity contribution in [3.63, 3.8) is 0 Å². The molecule has 0 aliphatic carbocycles. The van der Waals surface area contributed by atoms with Crippen molar-refractivity contribution in [1.82, 2.24) is 4.98 Å². The van der Waals surface area contributed by atoms with Crippen molar-refractivity contribution >= 4 is 21.6 Å². The van der Waals surface area contributed by atoms with Gasteiger partial charge in [0.25, 0.3) is 0 Å². The second-order valence-electron chi connectivity index (χ2n) is 6.10. The average Bonchev–Trinajstić information content (AvgIpc) is 2.51. The third kappa shape index (κ3) is 4.30. The van der Waals surface area contributed by atoms with E-state index in [9.17, 15) is 14.6 Å². The number of oxime groups is 1. The van der Waals surface area contributed by atoms with Gasteiger partial charge in [-0.1, -0.05) is 5.16 Å². The zero-order chi connectivity index (χ0) is 17.9. The zero-order valence-corrected chi connectivity index (χ0v) is 15.1. The standard InChI is InChI=1S/C17H18BrFN2O3/c1-17(2,3)24-21-14(10-4-5-13(19)12(18)8-10)15-16(23)11(9-22)6-7-20-15/h4-8,22-23H,9H2,1-3H3/b21-14+. The van der Waals surface area contributed by atoms with E-state index >= 15 is 0 Å². The highest BCUT2D eigenvalue weighted by Crippen LogP contribution is 2.26. The fourth-order valence-corrected chi connectivity index (χ4v) is 2.23. The average molecular weight is 397 g/mol. The number of aliphatic hydroxyl groups excluding tert-OH is 1. The largest absolute Gasteiger partial charge is 0.505 e. The van der Waals surface area contributed by atoms with Crippen LogP contribution in [-0.2, 0) is 11.4 Å². The molecular formula is C17H18BrFN2O3. The highest BCUT2D eigenvalue weighted by Gasteiger charge is 2.20. The van der Waals surface area contributed by atoms with Crippen LogP contribution >= 0.6 is 15.9 Å². The monoisotopic (exact) mass is 396 g/mol. The molecule has 0 radical (unpaired) electrons. The molecule has 1 aromatic carbocycles. The maximum atomic E-state index is 13.5. The first-order valence-electron chi connectivity index (χ1n) is 7.22. The molecule has 2 N–H and O–H groups in total. The predicted octanol–water partition coefficient (Wildman–Crippen LogP) is 3.75. The van der Waals surface area contributed by atoms with Crippen molar-refractivity contribution in [2.24, 2.45) is 5.16 Å². The third-order valence-corrected chi connectivity index (χ3v) is 3.61. The van der Waals surface area contributed by atoms with Gasteiger partial charge in [0.2, 0.25) is 0 Å². The van der Waals surface area contributed by atoms with E-state index in [2.05, 4.69) is 26.1 Å². The molecule has 0 aliphatic heterocycles. The molecule has 0 amide bonds. The minimum absolute atomic E-state index is 0.143. The van der Waals surface area contributed by atoms with Crippen LogP contribution in [0.4, 0.5) is 4.39 Å². The van der Waals surface area contributed by atoms with Gasteiger partial charge in [0.1, 0.15) is 28.6 Å². The molecule has 2 aromatic rings. The fraction of sp³-hybridized carbons (Fsp3) is 0.294. The number of halogens is 2. The predicted molar refractivity (Wildman–Crippen MR) is 92.4 cm³/mol. The van der Waals surface area contributed by atoms with Crippen LogP contribution < -0.4 is 0 Å². The number of aliphatic hydroxyl groups is 1. The van der Waals surface area contributed by atoms with Gasteiger partial charge < -0.3 is 15.1 Å². The molecule has 0 unspecified atom stereocenters. The van der Waals surface area contributed by atoms with Crippen molar-refractivity contribution in [3.05, 3.63) is 57.6 Å². The number of hydrogen-bond donors (Lipinski definition) is 2. The van der Waals surface area contributed by atoms with Crippen LogP contribution in [0, 0.1) is 5.82 Å². The lowest BCUT2D eigenvalue weighted by molar-refractivity contribution is 0.00111. The van der Waals surface area contributed by atoms with Gasteiger partial charge in [0.15, 0.2) is 0 Å². The highest BCUT2D eigenvalue weighted by atomic mass is 79.9. The van der Waals surface area contributed by atoms with Gasteiger partial charge in [-0.2, -0.15) is 0 Å². The van der Waals surface area contributed by atoms with E-state index in [1.165, 1.54) is 30.5 Å². The normalized spacial score (nSPS) is 12.3. The molecule has 0 atom stereocenters. The van der Waals surface area contributed by atoms with Gasteiger partial charge in [-0.15, -0.1) is 0 Å². The summed E-state index contributed by atoms with van der Waals surface area (Å²) in [4.78, 5) is 9.60. The van der Waals surface area contributed by atoms with Crippen LogP contribution in [0.1, 0.15) is 37.6 Å². The summed E-state index contributed by atoms with van der Waals surface area (Å²) in [7, 11) is 0. The lowest BCUT2D eigenvalue weighted by Crippen LogP contribution is -2.18. The minimum Gasteiger partial charge on any atom is -0.505 e. The number of hydrogen-bond acceptors (Lipinski definition) is 5. The zero-order valence-electron chi connectivity index (χ0n) is 13.5. The van der Waals surface area contributed by atoms with Crippen LogP contribution in [0.25, 0.3) is 0 Å². The second kappa shape index (κ2) is 7.27. The Hall–Kier alpha value is -1.99. The molecule has 1 aromatic heterocycles. The summed E-state index contributed by atoms with van der Waals surface area (Å²) in [5.74, 6) is -0.618. The number of nitrogens with zero attached hydrogens (tertiary/aromatic N) is 2. The minimum atomic E-state index is -0.563. The maximum absolute atomic E-state index is 13.5.